The van der Waals surface area contributed by atoms with Gasteiger partial charge in [-0.15, -0.1) is 0 Å². The Hall–Kier alpha value is -3.56. The van der Waals surface area contributed by atoms with Gasteiger partial charge in [-0.3, -0.25) is 13.9 Å². The van der Waals surface area contributed by atoms with E-state index in [-0.39, 0.29) is 39.7 Å². The lowest BCUT2D eigenvalue weighted by molar-refractivity contribution is -0.138. The van der Waals surface area contributed by atoms with Crippen LogP contribution >= 0.6 is 11.6 Å². The Morgan fingerprint density at radius 2 is 1.63 bits per heavy atom. The molecule has 8 nitrogen and oxygen atoms in total. The number of nitrogens with zero attached hydrogens (tertiary/aromatic N) is 2. The average molecular weight is 600 g/mol. The first-order valence-electron chi connectivity index (χ1n) is 13.5. The molecule has 220 valence electrons. The number of ether oxygens (including phenoxy) is 1. The Bertz CT molecular complexity index is 1430. The molecule has 10 heteroatoms. The molecule has 0 aromatic heterocycles. The van der Waals surface area contributed by atoms with Crippen LogP contribution in [0.15, 0.2) is 77.7 Å². The first-order valence-corrected chi connectivity index (χ1v) is 15.3. The quantitative estimate of drug-likeness (QED) is 0.295. The summed E-state index contributed by atoms with van der Waals surface area (Å²) >= 11 is 6.28. The van der Waals surface area contributed by atoms with E-state index >= 15 is 0 Å². The van der Waals surface area contributed by atoms with Gasteiger partial charge in [0.1, 0.15) is 18.3 Å². The fourth-order valence-electron chi connectivity index (χ4n) is 4.23. The number of rotatable bonds is 13. The van der Waals surface area contributed by atoms with Gasteiger partial charge < -0.3 is 15.0 Å². The number of methoxy groups -OCH3 is 1. The highest BCUT2D eigenvalue weighted by Crippen LogP contribution is 2.35. The number of hydrogen-bond acceptors (Lipinski definition) is 5. The van der Waals surface area contributed by atoms with Crippen molar-refractivity contribution in [3.8, 4) is 5.75 Å². The fourth-order valence-corrected chi connectivity index (χ4v) is 5.81. The Morgan fingerprint density at radius 1 is 0.976 bits per heavy atom. The van der Waals surface area contributed by atoms with Gasteiger partial charge in [0.2, 0.25) is 11.8 Å². The summed E-state index contributed by atoms with van der Waals surface area (Å²) in [6.45, 7) is 7.57. The minimum Gasteiger partial charge on any atom is -0.495 e. The fraction of sp³-hybridized carbons (Fsp3) is 0.355. The zero-order chi connectivity index (χ0) is 30.2. The lowest BCUT2D eigenvalue weighted by Crippen LogP contribution is -2.52. The second-order valence-corrected chi connectivity index (χ2v) is 12.6. The molecule has 0 saturated carbocycles. The molecule has 3 rings (SSSR count). The van der Waals surface area contributed by atoms with E-state index in [1.165, 1.54) is 30.2 Å². The van der Waals surface area contributed by atoms with Crippen molar-refractivity contribution in [2.45, 2.75) is 45.1 Å². The van der Waals surface area contributed by atoms with Crippen LogP contribution in [0.5, 0.6) is 5.75 Å². The van der Waals surface area contributed by atoms with Crippen LogP contribution < -0.4 is 14.4 Å². The summed E-state index contributed by atoms with van der Waals surface area (Å²) < 4.78 is 34.5. The number of amides is 2. The molecule has 0 fully saturated rings. The molecule has 0 bridgehead atoms. The van der Waals surface area contributed by atoms with Crippen LogP contribution in [0.2, 0.25) is 5.02 Å². The van der Waals surface area contributed by atoms with E-state index in [0.29, 0.717) is 13.0 Å². The number of nitrogens with one attached hydrogen (secondary N) is 1. The van der Waals surface area contributed by atoms with Crippen molar-refractivity contribution in [1.82, 2.24) is 10.2 Å². The Labute approximate surface area is 248 Å². The van der Waals surface area contributed by atoms with Crippen LogP contribution in [0.4, 0.5) is 5.69 Å². The molecule has 0 radical (unpaired) electrons. The van der Waals surface area contributed by atoms with Gasteiger partial charge in [-0.2, -0.15) is 0 Å². The summed E-state index contributed by atoms with van der Waals surface area (Å²) in [7, 11) is -2.82. The first-order chi connectivity index (χ1) is 19.4. The highest BCUT2D eigenvalue weighted by molar-refractivity contribution is 7.92. The number of carbonyl (C=O) groups excluding carboxylic acids is 2. The molecule has 0 aliphatic heterocycles. The number of aryl methyl sites for hydroxylation is 1. The summed E-state index contributed by atoms with van der Waals surface area (Å²) in [5.74, 6) is -0.388. The highest BCUT2D eigenvalue weighted by Gasteiger charge is 2.33. The molecule has 3 aromatic carbocycles. The largest absolute Gasteiger partial charge is 0.495 e. The van der Waals surface area contributed by atoms with Gasteiger partial charge in [-0.1, -0.05) is 73.5 Å². The van der Waals surface area contributed by atoms with E-state index < -0.39 is 28.5 Å². The third-order valence-corrected chi connectivity index (χ3v) is 8.64. The maximum Gasteiger partial charge on any atom is 0.264 e. The predicted molar refractivity (Wildman–Crippen MR) is 163 cm³/mol. The maximum absolute atomic E-state index is 14.0. The van der Waals surface area contributed by atoms with Gasteiger partial charge in [0.05, 0.1) is 17.7 Å². The van der Waals surface area contributed by atoms with E-state index in [0.717, 1.165) is 15.4 Å². The molecule has 41 heavy (non-hydrogen) atoms. The summed E-state index contributed by atoms with van der Waals surface area (Å²) in [5, 5.41) is 3.16. The molecule has 0 saturated heterocycles. The second kappa shape index (κ2) is 14.4. The molecular weight excluding hydrogens is 562 g/mol. The summed E-state index contributed by atoms with van der Waals surface area (Å²) in [6, 6.07) is 19.7. The summed E-state index contributed by atoms with van der Waals surface area (Å²) in [5.41, 5.74) is 2.00. The molecule has 0 spiro atoms. The number of hydrogen-bond donors (Lipinski definition) is 1. The molecule has 0 aliphatic rings. The predicted octanol–water partition coefficient (Wildman–Crippen LogP) is 5.08. The van der Waals surface area contributed by atoms with Crippen LogP contribution in [0.1, 0.15) is 31.9 Å². The molecule has 1 atom stereocenters. The van der Waals surface area contributed by atoms with Gasteiger partial charge in [0, 0.05) is 18.1 Å². The third-order valence-electron chi connectivity index (χ3n) is 6.63. The third kappa shape index (κ3) is 8.47. The average Bonchev–Trinajstić information content (AvgIpc) is 2.95. The minimum absolute atomic E-state index is 0.0106. The zero-order valence-electron chi connectivity index (χ0n) is 24.1. The standard InChI is InChI=1S/C31H38ClN3O5S/c1-22(2)20-33-31(37)24(4)34(18-17-25-9-7-6-8-10-25)30(36)21-35(28-19-26(32)13-16-29(28)40-5)41(38,39)27-14-11-23(3)12-15-27/h6-16,19,22,24H,17-18,20-21H2,1-5H3,(H,33,37)/t24-/m0/s1. The Balaban J connectivity index is 2.03. The van der Waals surface area contributed by atoms with Gasteiger partial charge in [-0.25, -0.2) is 8.42 Å². The molecule has 0 aliphatic carbocycles. The van der Waals surface area contributed by atoms with Gasteiger partial charge in [0.25, 0.3) is 10.0 Å². The summed E-state index contributed by atoms with van der Waals surface area (Å²) in [4.78, 5) is 28.5. The van der Waals surface area contributed by atoms with Crippen molar-refractivity contribution >= 4 is 39.1 Å². The molecule has 1 N–H and O–H groups in total. The molecule has 0 unspecified atom stereocenters. The number of benzene rings is 3. The highest BCUT2D eigenvalue weighted by atomic mass is 35.5. The molecule has 2 amide bonds. The molecular formula is C31H38ClN3O5S. The van der Waals surface area contributed by atoms with Crippen molar-refractivity contribution in [3.05, 3.63) is 88.9 Å². The van der Waals surface area contributed by atoms with E-state index in [2.05, 4.69) is 5.32 Å². The number of sulfonamides is 1. The maximum atomic E-state index is 14.0. The monoisotopic (exact) mass is 599 g/mol. The van der Waals surface area contributed by atoms with Crippen molar-refractivity contribution in [3.63, 3.8) is 0 Å². The van der Waals surface area contributed by atoms with Gasteiger partial charge in [0.15, 0.2) is 0 Å². The van der Waals surface area contributed by atoms with Crippen molar-refractivity contribution in [1.29, 1.82) is 0 Å². The zero-order valence-corrected chi connectivity index (χ0v) is 25.7. The van der Waals surface area contributed by atoms with Crippen molar-refractivity contribution in [2.24, 2.45) is 5.92 Å². The van der Waals surface area contributed by atoms with Crippen molar-refractivity contribution in [2.75, 3.05) is 31.0 Å². The minimum atomic E-state index is -4.24. The SMILES string of the molecule is COc1ccc(Cl)cc1N(CC(=O)N(CCc1ccccc1)[C@@H](C)C(=O)NCC(C)C)S(=O)(=O)c1ccc(C)cc1. The van der Waals surface area contributed by atoms with Gasteiger partial charge >= 0.3 is 0 Å². The Kier molecular flexibility index (Phi) is 11.2. The van der Waals surface area contributed by atoms with E-state index in [1.807, 2.05) is 51.1 Å². The van der Waals surface area contributed by atoms with E-state index in [9.17, 15) is 18.0 Å². The van der Waals surface area contributed by atoms with Crippen LogP contribution in [-0.4, -0.2) is 57.9 Å². The van der Waals surface area contributed by atoms with E-state index in [1.54, 1.807) is 31.2 Å². The van der Waals surface area contributed by atoms with E-state index in [4.69, 9.17) is 16.3 Å². The van der Waals surface area contributed by atoms with Crippen molar-refractivity contribution < 1.29 is 22.7 Å². The smallest absolute Gasteiger partial charge is 0.264 e. The number of anilines is 1. The summed E-state index contributed by atoms with van der Waals surface area (Å²) in [6.07, 6.45) is 0.486. The van der Waals surface area contributed by atoms with Gasteiger partial charge in [-0.05, 0) is 62.1 Å². The molecule has 3 aromatic rings. The number of carbonyl (C=O) groups is 2. The lowest BCUT2D eigenvalue weighted by Gasteiger charge is -2.32. The van der Waals surface area contributed by atoms with Crippen LogP contribution in [0.3, 0.4) is 0 Å². The molecule has 0 heterocycles. The van der Waals surface area contributed by atoms with Crippen LogP contribution in [0.25, 0.3) is 0 Å². The van der Waals surface area contributed by atoms with Crippen LogP contribution in [0, 0.1) is 12.8 Å². The van der Waals surface area contributed by atoms with Crippen LogP contribution in [-0.2, 0) is 26.0 Å². The first kappa shape index (κ1) is 32.0. The topological polar surface area (TPSA) is 96.0 Å². The second-order valence-electron chi connectivity index (χ2n) is 10.3. The number of halogens is 1. The normalized spacial score (nSPS) is 12.1. The Morgan fingerprint density at radius 3 is 2.24 bits per heavy atom. The lowest BCUT2D eigenvalue weighted by atomic mass is 10.1.